The first-order valence-corrected chi connectivity index (χ1v) is 4.42. The zero-order valence-electron chi connectivity index (χ0n) is 7.03. The van der Waals surface area contributed by atoms with Crippen LogP contribution in [0, 0.1) is 11.8 Å². The molecular formula is C8H14N4. The van der Waals surface area contributed by atoms with Crippen molar-refractivity contribution in [1.29, 1.82) is 0 Å². The second-order valence-corrected chi connectivity index (χ2v) is 3.61. The molecule has 2 fully saturated rings. The van der Waals surface area contributed by atoms with Crippen LogP contribution in [0.3, 0.4) is 0 Å². The Morgan fingerprint density at radius 2 is 2.25 bits per heavy atom. The Hall–Kier alpha value is -1.06. The first-order chi connectivity index (χ1) is 5.77. The molecule has 0 bridgehead atoms. The molecule has 2 aliphatic rings. The molecule has 0 aromatic heterocycles. The summed E-state index contributed by atoms with van der Waals surface area (Å²) in [6.45, 7) is 0. The largest absolute Gasteiger partial charge is 0.369 e. The second kappa shape index (κ2) is 2.77. The molecule has 4 heteroatoms. The number of hydrogen-bond acceptors (Lipinski definition) is 2. The maximum absolute atomic E-state index is 5.19. The standard InChI is InChI=1S/C8H14N4/c9-8(10)12-11-7-3-1-2-5-4-6(5)7/h5-6H,1-4H2,(H4,9,10,12)/b11-7-. The summed E-state index contributed by atoms with van der Waals surface area (Å²) in [5, 5.41) is 7.75. The van der Waals surface area contributed by atoms with E-state index in [1.54, 1.807) is 0 Å². The molecule has 66 valence electrons. The van der Waals surface area contributed by atoms with Gasteiger partial charge in [0, 0.05) is 11.6 Å². The van der Waals surface area contributed by atoms with E-state index in [0.29, 0.717) is 5.92 Å². The van der Waals surface area contributed by atoms with Gasteiger partial charge in [0.15, 0.2) is 0 Å². The van der Waals surface area contributed by atoms with Crippen molar-refractivity contribution in [2.75, 3.05) is 0 Å². The van der Waals surface area contributed by atoms with Gasteiger partial charge in [-0.3, -0.25) is 0 Å². The van der Waals surface area contributed by atoms with Crippen molar-refractivity contribution in [3.8, 4) is 0 Å². The molecule has 0 aliphatic heterocycles. The molecule has 2 rings (SSSR count). The van der Waals surface area contributed by atoms with Crippen LogP contribution in [0.5, 0.6) is 0 Å². The summed E-state index contributed by atoms with van der Waals surface area (Å²) >= 11 is 0. The summed E-state index contributed by atoms with van der Waals surface area (Å²) in [6, 6.07) is 0. The highest BCUT2D eigenvalue weighted by Crippen LogP contribution is 2.47. The van der Waals surface area contributed by atoms with E-state index in [1.807, 2.05) is 0 Å². The van der Waals surface area contributed by atoms with E-state index in [0.717, 1.165) is 12.3 Å². The normalized spacial score (nSPS) is 35.8. The molecular weight excluding hydrogens is 152 g/mol. The van der Waals surface area contributed by atoms with E-state index < -0.39 is 0 Å². The summed E-state index contributed by atoms with van der Waals surface area (Å²) in [5.41, 5.74) is 11.6. The van der Waals surface area contributed by atoms with Crippen LogP contribution in [0.4, 0.5) is 0 Å². The molecule has 0 aromatic carbocycles. The van der Waals surface area contributed by atoms with Gasteiger partial charge >= 0.3 is 0 Å². The van der Waals surface area contributed by atoms with E-state index in [1.165, 1.54) is 25.0 Å². The third-order valence-electron chi connectivity index (χ3n) is 2.65. The van der Waals surface area contributed by atoms with Crippen LogP contribution in [-0.4, -0.2) is 11.7 Å². The number of guanidine groups is 1. The van der Waals surface area contributed by atoms with Gasteiger partial charge in [-0.15, -0.1) is 5.10 Å². The van der Waals surface area contributed by atoms with Crippen LogP contribution in [-0.2, 0) is 0 Å². The van der Waals surface area contributed by atoms with Crippen molar-refractivity contribution in [3.63, 3.8) is 0 Å². The molecule has 0 amide bonds. The highest BCUT2D eigenvalue weighted by molar-refractivity contribution is 5.90. The minimum atomic E-state index is 0.0604. The van der Waals surface area contributed by atoms with Gasteiger partial charge in [0.2, 0.25) is 5.96 Å². The van der Waals surface area contributed by atoms with Gasteiger partial charge in [0.25, 0.3) is 0 Å². The topological polar surface area (TPSA) is 76.8 Å². The number of nitrogens with two attached hydrogens (primary N) is 2. The van der Waals surface area contributed by atoms with Crippen LogP contribution in [0.2, 0.25) is 0 Å². The summed E-state index contributed by atoms with van der Waals surface area (Å²) in [4.78, 5) is 0. The van der Waals surface area contributed by atoms with Crippen LogP contribution in [0.25, 0.3) is 0 Å². The van der Waals surface area contributed by atoms with Crippen LogP contribution in [0.1, 0.15) is 25.7 Å². The van der Waals surface area contributed by atoms with Crippen molar-refractivity contribution in [2.45, 2.75) is 25.7 Å². The fraction of sp³-hybridized carbons (Fsp3) is 0.750. The molecule has 12 heavy (non-hydrogen) atoms. The summed E-state index contributed by atoms with van der Waals surface area (Å²) < 4.78 is 0. The van der Waals surface area contributed by atoms with Gasteiger partial charge in [-0.05, 0) is 31.6 Å². The predicted octanol–water partition coefficient (Wildman–Crippen LogP) is 0.436. The summed E-state index contributed by atoms with van der Waals surface area (Å²) in [5.74, 6) is 1.67. The van der Waals surface area contributed by atoms with E-state index in [9.17, 15) is 0 Å². The minimum Gasteiger partial charge on any atom is -0.369 e. The molecule has 2 saturated carbocycles. The van der Waals surface area contributed by atoms with Crippen molar-refractivity contribution in [1.82, 2.24) is 0 Å². The second-order valence-electron chi connectivity index (χ2n) is 3.61. The highest BCUT2D eigenvalue weighted by Gasteiger charge is 2.43. The number of hydrogen-bond donors (Lipinski definition) is 2. The first kappa shape index (κ1) is 7.58. The smallest absolute Gasteiger partial charge is 0.211 e. The average molecular weight is 166 g/mol. The van der Waals surface area contributed by atoms with Crippen LogP contribution < -0.4 is 11.5 Å². The first-order valence-electron chi connectivity index (χ1n) is 4.42. The van der Waals surface area contributed by atoms with Gasteiger partial charge in [-0.1, -0.05) is 0 Å². The van der Waals surface area contributed by atoms with Gasteiger partial charge in [0.1, 0.15) is 0 Å². The number of nitrogens with zero attached hydrogens (tertiary/aromatic N) is 2. The van der Waals surface area contributed by atoms with Gasteiger partial charge in [-0.25, -0.2) is 0 Å². The molecule has 0 heterocycles. The lowest BCUT2D eigenvalue weighted by atomic mass is 9.99. The number of rotatable bonds is 1. The molecule has 0 spiro atoms. The molecule has 2 atom stereocenters. The molecule has 2 aliphatic carbocycles. The zero-order valence-corrected chi connectivity index (χ0v) is 7.03. The van der Waals surface area contributed by atoms with Crippen LogP contribution >= 0.6 is 0 Å². The molecule has 2 unspecified atom stereocenters. The van der Waals surface area contributed by atoms with E-state index >= 15 is 0 Å². The number of fused-ring (bicyclic) bond motifs is 1. The van der Waals surface area contributed by atoms with E-state index in [4.69, 9.17) is 11.5 Å². The zero-order chi connectivity index (χ0) is 8.55. The maximum atomic E-state index is 5.19. The summed E-state index contributed by atoms with van der Waals surface area (Å²) in [6.07, 6.45) is 5.00. The van der Waals surface area contributed by atoms with Gasteiger partial charge in [0.05, 0.1) is 0 Å². The SMILES string of the molecule is NC(N)=N/N=C1/CCCC2CC12. The fourth-order valence-corrected chi connectivity index (χ4v) is 1.95. The lowest BCUT2D eigenvalue weighted by Crippen LogP contribution is -2.22. The Morgan fingerprint density at radius 3 is 3.00 bits per heavy atom. The van der Waals surface area contributed by atoms with E-state index in [2.05, 4.69) is 10.2 Å². The Balaban J connectivity index is 2.03. The fourth-order valence-electron chi connectivity index (χ4n) is 1.95. The van der Waals surface area contributed by atoms with Crippen molar-refractivity contribution >= 4 is 11.7 Å². The van der Waals surface area contributed by atoms with Gasteiger partial charge in [-0.2, -0.15) is 5.10 Å². The van der Waals surface area contributed by atoms with E-state index in [-0.39, 0.29) is 5.96 Å². The van der Waals surface area contributed by atoms with Crippen LogP contribution in [0.15, 0.2) is 10.2 Å². The van der Waals surface area contributed by atoms with Crippen molar-refractivity contribution in [2.24, 2.45) is 33.5 Å². The Labute approximate surface area is 71.7 Å². The molecule has 4 N–H and O–H groups in total. The third kappa shape index (κ3) is 1.42. The highest BCUT2D eigenvalue weighted by atomic mass is 15.3. The molecule has 0 radical (unpaired) electrons. The Morgan fingerprint density at radius 1 is 1.42 bits per heavy atom. The van der Waals surface area contributed by atoms with Crippen molar-refractivity contribution < 1.29 is 0 Å². The average Bonchev–Trinajstić information content (AvgIpc) is 2.78. The quantitative estimate of drug-likeness (QED) is 0.337. The monoisotopic (exact) mass is 166 g/mol. The lowest BCUT2D eigenvalue weighted by molar-refractivity contribution is 0.626. The maximum Gasteiger partial charge on any atom is 0.211 e. The lowest BCUT2D eigenvalue weighted by Gasteiger charge is -2.09. The van der Waals surface area contributed by atoms with Crippen molar-refractivity contribution in [3.05, 3.63) is 0 Å². The molecule has 4 nitrogen and oxygen atoms in total. The third-order valence-corrected chi connectivity index (χ3v) is 2.65. The Bertz CT molecular complexity index is 239. The Kier molecular flexibility index (Phi) is 1.75. The molecule has 0 saturated heterocycles. The summed E-state index contributed by atoms with van der Waals surface area (Å²) in [7, 11) is 0. The van der Waals surface area contributed by atoms with Gasteiger partial charge < -0.3 is 11.5 Å². The molecule has 0 aromatic rings. The predicted molar refractivity (Wildman–Crippen MR) is 48.7 cm³/mol. The minimum absolute atomic E-state index is 0.0604.